The number of hydrogen-bond donors (Lipinski definition) is 3. The van der Waals surface area contributed by atoms with Crippen molar-refractivity contribution >= 4 is 17.6 Å². The van der Waals surface area contributed by atoms with Gasteiger partial charge in [-0.1, -0.05) is 11.6 Å². The third kappa shape index (κ3) is 6.67. The van der Waals surface area contributed by atoms with Gasteiger partial charge in [-0.2, -0.15) is 0 Å². The fraction of sp³-hybridized carbons (Fsp3) is 0.588. The highest BCUT2D eigenvalue weighted by molar-refractivity contribution is 6.30. The van der Waals surface area contributed by atoms with Crippen molar-refractivity contribution in [3.05, 3.63) is 29.3 Å². The predicted octanol–water partition coefficient (Wildman–Crippen LogP) is 2.58. The molecule has 0 unspecified atom stereocenters. The van der Waals surface area contributed by atoms with E-state index >= 15 is 0 Å². The molecule has 0 aliphatic heterocycles. The molecule has 1 aliphatic carbocycles. The number of ether oxygens (including phenoxy) is 1. The summed E-state index contributed by atoms with van der Waals surface area (Å²) < 4.78 is 5.64. The van der Waals surface area contributed by atoms with Crippen molar-refractivity contribution in [2.24, 2.45) is 4.99 Å². The summed E-state index contributed by atoms with van der Waals surface area (Å²) in [5.74, 6) is 1.61. The Kier molecular flexibility index (Phi) is 7.49. The SMILES string of the molecule is CCNC(=NCCOc1ccc(Cl)cc1)NC1CCC(O)CC1. The van der Waals surface area contributed by atoms with Gasteiger partial charge in [0, 0.05) is 17.6 Å². The zero-order valence-electron chi connectivity index (χ0n) is 13.6. The van der Waals surface area contributed by atoms with E-state index in [1.54, 1.807) is 0 Å². The van der Waals surface area contributed by atoms with Crippen molar-refractivity contribution in [2.45, 2.75) is 44.8 Å². The van der Waals surface area contributed by atoms with Gasteiger partial charge in [0.15, 0.2) is 5.96 Å². The molecule has 0 spiro atoms. The first-order valence-electron chi connectivity index (χ1n) is 8.28. The van der Waals surface area contributed by atoms with Crippen LogP contribution in [0.4, 0.5) is 0 Å². The fourth-order valence-corrected chi connectivity index (χ4v) is 2.71. The Bertz CT molecular complexity index is 485. The number of halogens is 1. The zero-order chi connectivity index (χ0) is 16.5. The summed E-state index contributed by atoms with van der Waals surface area (Å²) in [4.78, 5) is 4.54. The molecule has 1 aromatic carbocycles. The van der Waals surface area contributed by atoms with Crippen LogP contribution >= 0.6 is 11.6 Å². The van der Waals surface area contributed by atoms with Gasteiger partial charge < -0.3 is 20.5 Å². The number of nitrogens with zero attached hydrogens (tertiary/aromatic N) is 1. The molecule has 0 bridgehead atoms. The maximum atomic E-state index is 9.56. The van der Waals surface area contributed by atoms with Crippen LogP contribution in [-0.2, 0) is 0 Å². The van der Waals surface area contributed by atoms with Crippen molar-refractivity contribution in [3.63, 3.8) is 0 Å². The summed E-state index contributed by atoms with van der Waals surface area (Å²) >= 11 is 5.84. The lowest BCUT2D eigenvalue weighted by Crippen LogP contribution is -2.45. The molecule has 0 saturated heterocycles. The van der Waals surface area contributed by atoms with E-state index in [1.807, 2.05) is 31.2 Å². The zero-order valence-corrected chi connectivity index (χ0v) is 14.4. The van der Waals surface area contributed by atoms with Crippen molar-refractivity contribution in [1.82, 2.24) is 10.6 Å². The number of rotatable bonds is 6. The van der Waals surface area contributed by atoms with Gasteiger partial charge in [0.05, 0.1) is 12.6 Å². The fourth-order valence-electron chi connectivity index (χ4n) is 2.59. The van der Waals surface area contributed by atoms with Crippen LogP contribution in [0.15, 0.2) is 29.3 Å². The summed E-state index contributed by atoms with van der Waals surface area (Å²) in [5, 5.41) is 17.0. The quantitative estimate of drug-likeness (QED) is 0.423. The number of hydrogen-bond acceptors (Lipinski definition) is 3. The van der Waals surface area contributed by atoms with Crippen LogP contribution in [0.3, 0.4) is 0 Å². The van der Waals surface area contributed by atoms with Crippen LogP contribution < -0.4 is 15.4 Å². The number of benzene rings is 1. The van der Waals surface area contributed by atoms with Gasteiger partial charge in [0.2, 0.25) is 0 Å². The number of aliphatic hydroxyl groups excluding tert-OH is 1. The standard InChI is InChI=1S/C17H26ClN3O2/c1-2-19-17(21-14-5-7-15(22)8-6-14)20-11-12-23-16-9-3-13(18)4-10-16/h3-4,9-10,14-15,22H,2,5-8,11-12H2,1H3,(H2,19,20,21). The average Bonchev–Trinajstić information content (AvgIpc) is 2.55. The molecule has 0 aromatic heterocycles. The van der Waals surface area contributed by atoms with E-state index in [0.29, 0.717) is 24.2 Å². The first-order valence-corrected chi connectivity index (χ1v) is 8.66. The molecule has 5 nitrogen and oxygen atoms in total. The van der Waals surface area contributed by atoms with Crippen LogP contribution in [-0.4, -0.2) is 42.9 Å². The minimum atomic E-state index is -0.139. The van der Waals surface area contributed by atoms with Crippen LogP contribution in [0.5, 0.6) is 5.75 Å². The van der Waals surface area contributed by atoms with Gasteiger partial charge in [-0.05, 0) is 56.9 Å². The predicted molar refractivity (Wildman–Crippen MR) is 94.3 cm³/mol. The number of guanidine groups is 1. The smallest absolute Gasteiger partial charge is 0.191 e. The molecule has 0 amide bonds. The second-order valence-electron chi connectivity index (χ2n) is 5.71. The maximum Gasteiger partial charge on any atom is 0.191 e. The van der Waals surface area contributed by atoms with E-state index in [0.717, 1.165) is 43.9 Å². The maximum absolute atomic E-state index is 9.56. The lowest BCUT2D eigenvalue weighted by molar-refractivity contribution is 0.120. The summed E-state index contributed by atoms with van der Waals surface area (Å²) in [6, 6.07) is 7.70. The first-order chi connectivity index (χ1) is 11.2. The van der Waals surface area contributed by atoms with E-state index in [2.05, 4.69) is 15.6 Å². The van der Waals surface area contributed by atoms with Gasteiger partial charge >= 0.3 is 0 Å². The first kappa shape index (κ1) is 17.9. The Morgan fingerprint density at radius 2 is 1.96 bits per heavy atom. The molecule has 6 heteroatoms. The van der Waals surface area contributed by atoms with E-state index in [4.69, 9.17) is 16.3 Å². The molecule has 0 heterocycles. The van der Waals surface area contributed by atoms with E-state index in [-0.39, 0.29) is 6.10 Å². The number of nitrogens with one attached hydrogen (secondary N) is 2. The molecular formula is C17H26ClN3O2. The highest BCUT2D eigenvalue weighted by Crippen LogP contribution is 2.18. The van der Waals surface area contributed by atoms with Crippen molar-refractivity contribution < 1.29 is 9.84 Å². The second-order valence-corrected chi connectivity index (χ2v) is 6.15. The van der Waals surface area contributed by atoms with Gasteiger partial charge in [-0.25, -0.2) is 4.99 Å². The second kappa shape index (κ2) is 9.63. The summed E-state index contributed by atoms with van der Waals surface area (Å²) in [6.45, 7) is 3.96. The molecule has 0 radical (unpaired) electrons. The largest absolute Gasteiger partial charge is 0.492 e. The van der Waals surface area contributed by atoms with E-state index in [9.17, 15) is 5.11 Å². The molecule has 23 heavy (non-hydrogen) atoms. The Labute approximate surface area is 143 Å². The highest BCUT2D eigenvalue weighted by Gasteiger charge is 2.19. The van der Waals surface area contributed by atoms with Crippen LogP contribution in [0.25, 0.3) is 0 Å². The monoisotopic (exact) mass is 339 g/mol. The molecule has 1 aromatic rings. The molecular weight excluding hydrogens is 314 g/mol. The molecule has 3 N–H and O–H groups in total. The van der Waals surface area contributed by atoms with Crippen molar-refractivity contribution in [2.75, 3.05) is 19.7 Å². The lowest BCUT2D eigenvalue weighted by atomic mass is 9.93. The van der Waals surface area contributed by atoms with Gasteiger partial charge in [0.1, 0.15) is 12.4 Å². The third-order valence-electron chi connectivity index (χ3n) is 3.83. The number of aliphatic imine (C=N–C) groups is 1. The highest BCUT2D eigenvalue weighted by atomic mass is 35.5. The third-order valence-corrected chi connectivity index (χ3v) is 4.08. The minimum absolute atomic E-state index is 0.139. The van der Waals surface area contributed by atoms with Gasteiger partial charge in [-0.3, -0.25) is 0 Å². The van der Waals surface area contributed by atoms with E-state index < -0.39 is 0 Å². The Morgan fingerprint density at radius 1 is 1.26 bits per heavy atom. The van der Waals surface area contributed by atoms with Crippen LogP contribution in [0, 0.1) is 0 Å². The molecule has 2 rings (SSSR count). The Morgan fingerprint density at radius 3 is 2.61 bits per heavy atom. The Balaban J connectivity index is 1.75. The minimum Gasteiger partial charge on any atom is -0.492 e. The molecule has 1 aliphatic rings. The summed E-state index contributed by atoms with van der Waals surface area (Å²) in [7, 11) is 0. The molecule has 128 valence electrons. The molecule has 0 atom stereocenters. The Hall–Kier alpha value is -1.46. The average molecular weight is 340 g/mol. The molecule has 1 fully saturated rings. The lowest BCUT2D eigenvalue weighted by Gasteiger charge is -2.27. The van der Waals surface area contributed by atoms with Crippen LogP contribution in [0.2, 0.25) is 5.02 Å². The van der Waals surface area contributed by atoms with Crippen molar-refractivity contribution in [3.8, 4) is 5.75 Å². The van der Waals surface area contributed by atoms with Crippen LogP contribution in [0.1, 0.15) is 32.6 Å². The summed E-state index contributed by atoms with van der Waals surface area (Å²) in [6.07, 6.45) is 3.54. The summed E-state index contributed by atoms with van der Waals surface area (Å²) in [5.41, 5.74) is 0. The topological polar surface area (TPSA) is 65.9 Å². The van der Waals surface area contributed by atoms with Crippen molar-refractivity contribution in [1.29, 1.82) is 0 Å². The van der Waals surface area contributed by atoms with E-state index in [1.165, 1.54) is 0 Å². The van der Waals surface area contributed by atoms with Gasteiger partial charge in [-0.15, -0.1) is 0 Å². The normalized spacial score (nSPS) is 21.8. The van der Waals surface area contributed by atoms with Gasteiger partial charge in [0.25, 0.3) is 0 Å². The molecule has 1 saturated carbocycles. The number of aliphatic hydroxyl groups is 1.